The molecule has 100 valence electrons. The lowest BCUT2D eigenvalue weighted by Gasteiger charge is -2.09. The number of rotatable bonds is 4. The Labute approximate surface area is 106 Å². The van der Waals surface area contributed by atoms with Gasteiger partial charge >= 0.3 is 0 Å². The first-order valence-corrected chi connectivity index (χ1v) is 7.03. The standard InChI is InChI=1S/C9H8ClF2NO4S/c1-2-5-3-6(18(10,16)17)4-7(13(14)15)8(5)9(11)12/h3-4,9H,2H2,1H3. The van der Waals surface area contributed by atoms with E-state index in [1.165, 1.54) is 6.92 Å². The summed E-state index contributed by atoms with van der Waals surface area (Å²) in [4.78, 5) is 9.10. The Morgan fingerprint density at radius 3 is 2.33 bits per heavy atom. The Kier molecular flexibility index (Phi) is 4.23. The van der Waals surface area contributed by atoms with E-state index in [9.17, 15) is 27.3 Å². The summed E-state index contributed by atoms with van der Waals surface area (Å²) in [5.74, 6) is 0. The molecular formula is C9H8ClF2NO4S. The fourth-order valence-electron chi connectivity index (χ4n) is 1.50. The quantitative estimate of drug-likeness (QED) is 0.486. The summed E-state index contributed by atoms with van der Waals surface area (Å²) in [6, 6.07) is 1.47. The van der Waals surface area contributed by atoms with Crippen LogP contribution in [0.5, 0.6) is 0 Å². The summed E-state index contributed by atoms with van der Waals surface area (Å²) >= 11 is 0. The van der Waals surface area contributed by atoms with Crippen LogP contribution in [0.25, 0.3) is 0 Å². The van der Waals surface area contributed by atoms with Crippen molar-refractivity contribution in [1.82, 2.24) is 0 Å². The number of hydrogen-bond donors (Lipinski definition) is 0. The second-order valence-corrected chi connectivity index (χ2v) is 5.93. The number of aryl methyl sites for hydroxylation is 1. The predicted octanol–water partition coefficient (Wildman–Crippen LogP) is 3.02. The first-order valence-electron chi connectivity index (χ1n) is 4.72. The van der Waals surface area contributed by atoms with Crippen LogP contribution < -0.4 is 0 Å². The van der Waals surface area contributed by atoms with Crippen molar-refractivity contribution >= 4 is 25.4 Å². The van der Waals surface area contributed by atoms with Gasteiger partial charge in [-0.1, -0.05) is 6.92 Å². The minimum absolute atomic E-state index is 0.0285. The summed E-state index contributed by atoms with van der Waals surface area (Å²) < 4.78 is 47.8. The zero-order valence-corrected chi connectivity index (χ0v) is 10.6. The van der Waals surface area contributed by atoms with Gasteiger partial charge in [0.05, 0.1) is 15.4 Å². The molecule has 0 aliphatic carbocycles. The smallest absolute Gasteiger partial charge is 0.258 e. The minimum Gasteiger partial charge on any atom is -0.258 e. The summed E-state index contributed by atoms with van der Waals surface area (Å²) in [7, 11) is 0.847. The molecule has 0 saturated heterocycles. The van der Waals surface area contributed by atoms with Gasteiger partial charge in [0.25, 0.3) is 21.2 Å². The molecule has 1 rings (SSSR count). The largest absolute Gasteiger partial charge is 0.279 e. The third-order valence-corrected chi connectivity index (χ3v) is 3.63. The van der Waals surface area contributed by atoms with Gasteiger partial charge in [-0.15, -0.1) is 0 Å². The lowest BCUT2D eigenvalue weighted by molar-refractivity contribution is -0.386. The zero-order chi connectivity index (χ0) is 14.1. The molecule has 1 aromatic rings. The highest BCUT2D eigenvalue weighted by atomic mass is 35.7. The van der Waals surface area contributed by atoms with Crippen LogP contribution in [0, 0.1) is 10.1 Å². The lowest BCUT2D eigenvalue weighted by Crippen LogP contribution is -2.04. The number of benzene rings is 1. The van der Waals surface area contributed by atoms with E-state index >= 15 is 0 Å². The minimum atomic E-state index is -4.21. The Morgan fingerprint density at radius 1 is 1.44 bits per heavy atom. The molecule has 0 atom stereocenters. The summed E-state index contributed by atoms with van der Waals surface area (Å²) in [6.07, 6.45) is -3.03. The van der Waals surface area contributed by atoms with Crippen LogP contribution in [0.3, 0.4) is 0 Å². The Balaban J connectivity index is 3.70. The summed E-state index contributed by atoms with van der Waals surface area (Å²) in [6.45, 7) is 1.48. The van der Waals surface area contributed by atoms with Gasteiger partial charge in [-0.2, -0.15) is 0 Å². The molecule has 0 aliphatic rings. The number of halogens is 3. The van der Waals surface area contributed by atoms with Gasteiger partial charge in [-0.05, 0) is 18.1 Å². The molecule has 5 nitrogen and oxygen atoms in total. The molecule has 18 heavy (non-hydrogen) atoms. The van der Waals surface area contributed by atoms with E-state index in [-0.39, 0.29) is 12.0 Å². The first-order chi connectivity index (χ1) is 8.18. The molecule has 0 radical (unpaired) electrons. The molecule has 0 unspecified atom stereocenters. The number of hydrogen-bond acceptors (Lipinski definition) is 4. The van der Waals surface area contributed by atoms with Gasteiger partial charge in [0.15, 0.2) is 0 Å². The van der Waals surface area contributed by atoms with Crippen molar-refractivity contribution in [2.45, 2.75) is 24.7 Å². The van der Waals surface area contributed by atoms with E-state index in [2.05, 4.69) is 0 Å². The normalized spacial score (nSPS) is 11.8. The SMILES string of the molecule is CCc1cc(S(=O)(=O)Cl)cc([N+](=O)[O-])c1C(F)F. The van der Waals surface area contributed by atoms with Crippen molar-refractivity contribution in [3.8, 4) is 0 Å². The predicted molar refractivity (Wildman–Crippen MR) is 60.5 cm³/mol. The van der Waals surface area contributed by atoms with Crippen molar-refractivity contribution in [2.24, 2.45) is 0 Å². The number of nitrogens with zero attached hydrogens (tertiary/aromatic N) is 1. The van der Waals surface area contributed by atoms with Crippen LogP contribution in [0.4, 0.5) is 14.5 Å². The highest BCUT2D eigenvalue weighted by molar-refractivity contribution is 8.13. The van der Waals surface area contributed by atoms with Gasteiger partial charge < -0.3 is 0 Å². The van der Waals surface area contributed by atoms with Gasteiger partial charge in [-0.25, -0.2) is 17.2 Å². The van der Waals surface area contributed by atoms with E-state index in [1.807, 2.05) is 0 Å². The molecule has 0 N–H and O–H groups in total. The second-order valence-electron chi connectivity index (χ2n) is 3.36. The Hall–Kier alpha value is -1.28. The lowest BCUT2D eigenvalue weighted by atomic mass is 10.0. The molecule has 1 aromatic carbocycles. The molecule has 0 aromatic heterocycles. The molecule has 0 fully saturated rings. The average molecular weight is 300 g/mol. The van der Waals surface area contributed by atoms with Crippen LogP contribution in [0.2, 0.25) is 0 Å². The number of alkyl halides is 2. The monoisotopic (exact) mass is 299 g/mol. The fourth-order valence-corrected chi connectivity index (χ4v) is 2.31. The second kappa shape index (κ2) is 5.15. The van der Waals surface area contributed by atoms with Gasteiger partial charge in [-0.3, -0.25) is 10.1 Å². The third-order valence-electron chi connectivity index (χ3n) is 2.29. The van der Waals surface area contributed by atoms with Crippen molar-refractivity contribution in [2.75, 3.05) is 0 Å². The van der Waals surface area contributed by atoms with Crippen LogP contribution in [0.15, 0.2) is 17.0 Å². The molecule has 0 heterocycles. The average Bonchev–Trinajstić information content (AvgIpc) is 2.25. The first kappa shape index (κ1) is 14.8. The van der Waals surface area contributed by atoms with Gasteiger partial charge in [0, 0.05) is 16.7 Å². The van der Waals surface area contributed by atoms with Crippen molar-refractivity contribution in [3.05, 3.63) is 33.4 Å². The van der Waals surface area contributed by atoms with E-state index in [1.54, 1.807) is 0 Å². The number of nitro groups is 1. The Bertz CT molecular complexity index is 588. The third kappa shape index (κ3) is 2.94. The molecule has 0 saturated carbocycles. The highest BCUT2D eigenvalue weighted by Crippen LogP contribution is 2.35. The van der Waals surface area contributed by atoms with Crippen molar-refractivity contribution in [1.29, 1.82) is 0 Å². The number of nitro benzene ring substituents is 1. The molecule has 0 bridgehead atoms. The molecular weight excluding hydrogens is 292 g/mol. The van der Waals surface area contributed by atoms with E-state index in [0.29, 0.717) is 6.07 Å². The zero-order valence-electron chi connectivity index (χ0n) is 9.06. The van der Waals surface area contributed by atoms with E-state index in [0.717, 1.165) is 6.07 Å². The van der Waals surface area contributed by atoms with E-state index < -0.39 is 36.5 Å². The fraction of sp³-hybridized carbons (Fsp3) is 0.333. The van der Waals surface area contributed by atoms with Gasteiger partial charge in [0.2, 0.25) is 0 Å². The Morgan fingerprint density at radius 2 is 2.00 bits per heavy atom. The van der Waals surface area contributed by atoms with Crippen LogP contribution in [-0.2, 0) is 15.5 Å². The highest BCUT2D eigenvalue weighted by Gasteiger charge is 2.28. The summed E-state index contributed by atoms with van der Waals surface area (Å²) in [5, 5.41) is 10.7. The van der Waals surface area contributed by atoms with Crippen LogP contribution in [-0.4, -0.2) is 13.3 Å². The summed E-state index contributed by atoms with van der Waals surface area (Å²) in [5.41, 5.74) is -1.83. The topological polar surface area (TPSA) is 77.3 Å². The molecule has 0 spiro atoms. The molecule has 0 amide bonds. The van der Waals surface area contributed by atoms with Crippen molar-refractivity contribution in [3.63, 3.8) is 0 Å². The maximum Gasteiger partial charge on any atom is 0.279 e. The molecule has 0 aliphatic heterocycles. The van der Waals surface area contributed by atoms with E-state index in [4.69, 9.17) is 10.7 Å². The van der Waals surface area contributed by atoms with Crippen LogP contribution in [0.1, 0.15) is 24.5 Å². The van der Waals surface area contributed by atoms with Gasteiger partial charge in [0.1, 0.15) is 0 Å². The van der Waals surface area contributed by atoms with Crippen LogP contribution >= 0.6 is 10.7 Å². The molecule has 9 heteroatoms. The van der Waals surface area contributed by atoms with Crippen molar-refractivity contribution < 1.29 is 22.1 Å². The maximum absolute atomic E-state index is 12.8. The maximum atomic E-state index is 12.8.